The lowest BCUT2D eigenvalue weighted by molar-refractivity contribution is -0.690. The Hall–Kier alpha value is -3.21. The number of methoxy groups -OCH3 is 4. The molecule has 0 N–H and O–H groups in total. The second-order valence-electron chi connectivity index (χ2n) is 7.03. The Kier molecular flexibility index (Phi) is 5.30. The van der Waals surface area contributed by atoms with Gasteiger partial charge in [-0.05, 0) is 35.4 Å². The number of hydrogen-bond donors (Lipinski definition) is 0. The zero-order valence-corrected chi connectivity index (χ0v) is 17.3. The van der Waals surface area contributed by atoms with Crippen molar-refractivity contribution in [2.24, 2.45) is 0 Å². The van der Waals surface area contributed by atoms with Crippen molar-refractivity contribution in [3.63, 3.8) is 0 Å². The summed E-state index contributed by atoms with van der Waals surface area (Å²) in [6.07, 6.45) is 4.50. The van der Waals surface area contributed by atoms with Crippen LogP contribution in [0.5, 0.6) is 23.0 Å². The van der Waals surface area contributed by atoms with E-state index in [1.54, 1.807) is 28.4 Å². The summed E-state index contributed by atoms with van der Waals surface area (Å²) in [6, 6.07) is 14.4. The molecule has 1 aliphatic rings. The van der Waals surface area contributed by atoms with Gasteiger partial charge in [-0.25, -0.2) is 4.57 Å². The highest BCUT2D eigenvalue weighted by molar-refractivity contribution is 5.84. The first-order valence-corrected chi connectivity index (χ1v) is 9.69. The van der Waals surface area contributed by atoms with Gasteiger partial charge in [0.25, 0.3) is 0 Å². The summed E-state index contributed by atoms with van der Waals surface area (Å²) >= 11 is 0. The molecule has 1 aromatic heterocycles. The van der Waals surface area contributed by atoms with Crippen LogP contribution in [0.3, 0.4) is 0 Å². The van der Waals surface area contributed by atoms with Gasteiger partial charge in [-0.2, -0.15) is 0 Å². The van der Waals surface area contributed by atoms with Crippen LogP contribution in [-0.2, 0) is 13.0 Å². The Bertz CT molecular complexity index is 963. The molecule has 0 saturated carbocycles. The van der Waals surface area contributed by atoms with Gasteiger partial charge < -0.3 is 18.9 Å². The number of benzene rings is 2. The number of aryl methyl sites for hydroxylation is 2. The molecule has 2 heterocycles. The minimum atomic E-state index is 0.716. The van der Waals surface area contributed by atoms with E-state index in [1.165, 1.54) is 12.1 Å². The molecule has 0 aliphatic carbocycles. The number of pyridine rings is 1. The van der Waals surface area contributed by atoms with Crippen LogP contribution < -0.4 is 23.5 Å². The molecule has 0 radical (unpaired) electrons. The molecule has 0 atom stereocenters. The van der Waals surface area contributed by atoms with Gasteiger partial charge in [0.15, 0.2) is 34.9 Å². The molecule has 0 unspecified atom stereocenters. The Morgan fingerprint density at radius 3 is 1.76 bits per heavy atom. The molecule has 4 rings (SSSR count). The van der Waals surface area contributed by atoms with E-state index in [1.807, 2.05) is 24.3 Å². The van der Waals surface area contributed by atoms with Crippen molar-refractivity contribution in [2.75, 3.05) is 28.4 Å². The second kappa shape index (κ2) is 8.03. The maximum absolute atomic E-state index is 5.54. The predicted octanol–water partition coefficient (Wildman–Crippen LogP) is 4.29. The van der Waals surface area contributed by atoms with E-state index in [4.69, 9.17) is 18.9 Å². The first-order valence-electron chi connectivity index (χ1n) is 9.69. The van der Waals surface area contributed by atoms with E-state index in [9.17, 15) is 0 Å². The molecule has 0 amide bonds. The first kappa shape index (κ1) is 19.1. The molecule has 0 spiro atoms. The first-order chi connectivity index (χ1) is 14.2. The lowest BCUT2D eigenvalue weighted by Gasteiger charge is -2.14. The third kappa shape index (κ3) is 3.48. The lowest BCUT2D eigenvalue weighted by Crippen LogP contribution is -2.32. The SMILES string of the molecule is COc1ccc(-c2cc3[n+](cc2-c2ccc(OC)c(OC)c2)CCC3)cc1OC. The number of nitrogens with zero attached hydrogens (tertiary/aromatic N) is 1. The van der Waals surface area contributed by atoms with E-state index in [0.717, 1.165) is 52.5 Å². The van der Waals surface area contributed by atoms with Crippen molar-refractivity contribution in [1.82, 2.24) is 0 Å². The standard InChI is InChI=1S/C24H26NO4/c1-26-21-9-7-16(12-23(21)28-3)19-14-18-6-5-11-25(18)15-20(19)17-8-10-22(27-2)24(13-17)29-4/h7-10,12-15H,5-6,11H2,1-4H3/q+1. The summed E-state index contributed by atoms with van der Waals surface area (Å²) in [7, 11) is 6.63. The van der Waals surface area contributed by atoms with Gasteiger partial charge in [-0.3, -0.25) is 0 Å². The van der Waals surface area contributed by atoms with Crippen molar-refractivity contribution in [1.29, 1.82) is 0 Å². The van der Waals surface area contributed by atoms with Crippen LogP contribution in [0.15, 0.2) is 48.7 Å². The molecule has 5 heteroatoms. The third-order valence-electron chi connectivity index (χ3n) is 5.48. The Morgan fingerprint density at radius 2 is 1.21 bits per heavy atom. The summed E-state index contributed by atoms with van der Waals surface area (Å²) in [4.78, 5) is 0. The van der Waals surface area contributed by atoms with Crippen molar-refractivity contribution < 1.29 is 23.5 Å². The molecule has 3 aromatic rings. The lowest BCUT2D eigenvalue weighted by atomic mass is 9.94. The molecule has 2 aromatic carbocycles. The summed E-state index contributed by atoms with van der Waals surface area (Å²) in [5, 5.41) is 0. The van der Waals surface area contributed by atoms with E-state index >= 15 is 0 Å². The van der Waals surface area contributed by atoms with Crippen LogP contribution in [0.1, 0.15) is 12.1 Å². The van der Waals surface area contributed by atoms with E-state index < -0.39 is 0 Å². The smallest absolute Gasteiger partial charge is 0.182 e. The van der Waals surface area contributed by atoms with E-state index in [2.05, 4.69) is 29.0 Å². The highest BCUT2D eigenvalue weighted by Crippen LogP contribution is 2.39. The molecule has 0 fully saturated rings. The van der Waals surface area contributed by atoms with Gasteiger partial charge in [0.2, 0.25) is 0 Å². The number of aromatic nitrogens is 1. The molecule has 0 bridgehead atoms. The maximum atomic E-state index is 5.54. The minimum Gasteiger partial charge on any atom is -0.493 e. The van der Waals surface area contributed by atoms with Gasteiger partial charge >= 0.3 is 0 Å². The van der Waals surface area contributed by atoms with Crippen LogP contribution in [0.25, 0.3) is 22.3 Å². The van der Waals surface area contributed by atoms with Crippen LogP contribution >= 0.6 is 0 Å². The Morgan fingerprint density at radius 1 is 0.655 bits per heavy atom. The predicted molar refractivity (Wildman–Crippen MR) is 112 cm³/mol. The summed E-state index contributed by atoms with van der Waals surface area (Å²) in [5.74, 6) is 2.88. The normalized spacial score (nSPS) is 12.4. The fourth-order valence-corrected chi connectivity index (χ4v) is 3.97. The van der Waals surface area contributed by atoms with Gasteiger partial charge in [0.1, 0.15) is 6.54 Å². The largest absolute Gasteiger partial charge is 0.493 e. The van der Waals surface area contributed by atoms with Crippen LogP contribution in [0.2, 0.25) is 0 Å². The van der Waals surface area contributed by atoms with Crippen LogP contribution in [0.4, 0.5) is 0 Å². The molecule has 29 heavy (non-hydrogen) atoms. The van der Waals surface area contributed by atoms with E-state index in [0.29, 0.717) is 5.75 Å². The van der Waals surface area contributed by atoms with Crippen molar-refractivity contribution in [3.8, 4) is 45.3 Å². The third-order valence-corrected chi connectivity index (χ3v) is 5.48. The molecule has 0 saturated heterocycles. The van der Waals surface area contributed by atoms with Gasteiger partial charge in [-0.1, -0.05) is 12.1 Å². The number of rotatable bonds is 6. The quantitative estimate of drug-likeness (QED) is 0.587. The maximum Gasteiger partial charge on any atom is 0.182 e. The summed E-state index contributed by atoms with van der Waals surface area (Å²) in [5.41, 5.74) is 5.81. The average molecular weight is 392 g/mol. The van der Waals surface area contributed by atoms with Crippen molar-refractivity contribution in [3.05, 3.63) is 54.4 Å². The molecule has 150 valence electrons. The summed E-state index contributed by atoms with van der Waals surface area (Å²) < 4.78 is 24.2. The summed E-state index contributed by atoms with van der Waals surface area (Å²) in [6.45, 7) is 1.04. The van der Waals surface area contributed by atoms with Gasteiger partial charge in [0, 0.05) is 24.5 Å². The molecular weight excluding hydrogens is 366 g/mol. The van der Waals surface area contributed by atoms with Crippen molar-refractivity contribution in [2.45, 2.75) is 19.4 Å². The number of hydrogen-bond acceptors (Lipinski definition) is 4. The highest BCUT2D eigenvalue weighted by Gasteiger charge is 2.24. The number of fused-ring (bicyclic) bond motifs is 1. The fourth-order valence-electron chi connectivity index (χ4n) is 3.97. The average Bonchev–Trinajstić information content (AvgIpc) is 3.24. The van der Waals surface area contributed by atoms with Crippen LogP contribution in [0, 0.1) is 0 Å². The highest BCUT2D eigenvalue weighted by atomic mass is 16.5. The Labute approximate surface area is 171 Å². The molecule has 5 nitrogen and oxygen atoms in total. The molecule has 1 aliphatic heterocycles. The monoisotopic (exact) mass is 392 g/mol. The zero-order chi connectivity index (χ0) is 20.4. The zero-order valence-electron chi connectivity index (χ0n) is 17.3. The van der Waals surface area contributed by atoms with Gasteiger partial charge in [-0.15, -0.1) is 0 Å². The minimum absolute atomic E-state index is 0.716. The fraction of sp³-hybridized carbons (Fsp3) is 0.292. The number of ether oxygens (including phenoxy) is 4. The topological polar surface area (TPSA) is 40.8 Å². The van der Waals surface area contributed by atoms with Gasteiger partial charge in [0.05, 0.1) is 34.0 Å². The van der Waals surface area contributed by atoms with Crippen LogP contribution in [-0.4, -0.2) is 28.4 Å². The van der Waals surface area contributed by atoms with E-state index in [-0.39, 0.29) is 0 Å². The Balaban J connectivity index is 1.91. The van der Waals surface area contributed by atoms with Crippen molar-refractivity contribution >= 4 is 0 Å². The second-order valence-corrected chi connectivity index (χ2v) is 7.03. The molecular formula is C24H26NO4+.